The summed E-state index contributed by atoms with van der Waals surface area (Å²) in [6, 6.07) is 6.09. The van der Waals surface area contributed by atoms with Crippen LogP contribution in [0.4, 0.5) is 5.69 Å². The van der Waals surface area contributed by atoms with Crippen LogP contribution in [-0.4, -0.2) is 18.4 Å². The molecule has 0 spiro atoms. The van der Waals surface area contributed by atoms with Crippen LogP contribution in [0.15, 0.2) is 30.4 Å². The molecule has 1 unspecified atom stereocenters. The van der Waals surface area contributed by atoms with E-state index in [2.05, 4.69) is 28.9 Å². The monoisotopic (exact) mass is 312 g/mol. The summed E-state index contributed by atoms with van der Waals surface area (Å²) >= 11 is 0. The highest BCUT2D eigenvalue weighted by Crippen LogP contribution is 2.24. The van der Waals surface area contributed by atoms with Gasteiger partial charge in [0.25, 0.3) is 0 Å². The van der Waals surface area contributed by atoms with Gasteiger partial charge in [0.2, 0.25) is 11.8 Å². The molecule has 0 aromatic heterocycles. The molecule has 4 heteroatoms. The molecule has 0 saturated carbocycles. The molecular weight excluding hydrogens is 288 g/mol. The third-order valence-corrected chi connectivity index (χ3v) is 4.63. The van der Waals surface area contributed by atoms with E-state index in [0.717, 1.165) is 43.5 Å². The van der Waals surface area contributed by atoms with E-state index in [0.29, 0.717) is 18.8 Å². The molecule has 0 radical (unpaired) electrons. The second-order valence-electron chi connectivity index (χ2n) is 6.52. The van der Waals surface area contributed by atoms with Crippen LogP contribution in [-0.2, 0) is 22.4 Å². The third-order valence-electron chi connectivity index (χ3n) is 4.63. The van der Waals surface area contributed by atoms with Crippen LogP contribution >= 0.6 is 0 Å². The topological polar surface area (TPSA) is 58.2 Å². The molecule has 1 aromatic carbocycles. The molecule has 2 N–H and O–H groups in total. The molecule has 1 aliphatic carbocycles. The first-order chi connectivity index (χ1) is 11.2. The maximum atomic E-state index is 11.9. The highest BCUT2D eigenvalue weighted by Gasteiger charge is 2.17. The lowest BCUT2D eigenvalue weighted by Crippen LogP contribution is -2.29. The Morgan fingerprint density at radius 1 is 1.30 bits per heavy atom. The number of aryl methyl sites for hydroxylation is 1. The molecular formula is C19H24N2O2. The van der Waals surface area contributed by atoms with E-state index in [-0.39, 0.29) is 11.8 Å². The Hall–Kier alpha value is -2.10. The van der Waals surface area contributed by atoms with Crippen LogP contribution < -0.4 is 10.6 Å². The zero-order valence-electron chi connectivity index (χ0n) is 13.4. The smallest absolute Gasteiger partial charge is 0.228 e. The molecule has 23 heavy (non-hydrogen) atoms. The number of nitrogens with one attached hydrogen (secondary N) is 2. The van der Waals surface area contributed by atoms with E-state index < -0.39 is 0 Å². The first-order valence-corrected chi connectivity index (χ1v) is 8.54. The predicted octanol–water partition coefficient (Wildman–Crippen LogP) is 2.98. The lowest BCUT2D eigenvalue weighted by atomic mass is 9.94. The van der Waals surface area contributed by atoms with Crippen LogP contribution in [0.5, 0.6) is 0 Å². The van der Waals surface area contributed by atoms with Crippen molar-refractivity contribution in [2.45, 2.75) is 44.9 Å². The van der Waals surface area contributed by atoms with Crippen molar-refractivity contribution in [1.82, 2.24) is 5.32 Å². The first kappa shape index (κ1) is 15.8. The molecule has 0 saturated heterocycles. The van der Waals surface area contributed by atoms with Gasteiger partial charge in [0.1, 0.15) is 0 Å². The number of anilines is 1. The lowest BCUT2D eigenvalue weighted by Gasteiger charge is -2.18. The van der Waals surface area contributed by atoms with Crippen molar-refractivity contribution in [3.8, 4) is 0 Å². The number of hydrogen-bond acceptors (Lipinski definition) is 2. The molecule has 2 aliphatic rings. The molecule has 1 atom stereocenters. The zero-order chi connectivity index (χ0) is 16.1. The fourth-order valence-corrected chi connectivity index (χ4v) is 3.28. The van der Waals surface area contributed by atoms with E-state index in [1.807, 2.05) is 12.1 Å². The third kappa shape index (κ3) is 4.44. The minimum Gasteiger partial charge on any atom is -0.356 e. The van der Waals surface area contributed by atoms with Crippen molar-refractivity contribution in [2.24, 2.45) is 5.92 Å². The summed E-state index contributed by atoms with van der Waals surface area (Å²) < 4.78 is 0. The van der Waals surface area contributed by atoms with Gasteiger partial charge >= 0.3 is 0 Å². The molecule has 3 rings (SSSR count). The molecule has 2 amide bonds. The van der Waals surface area contributed by atoms with Gasteiger partial charge in [0, 0.05) is 18.7 Å². The van der Waals surface area contributed by atoms with Crippen molar-refractivity contribution < 1.29 is 9.59 Å². The number of rotatable bonds is 6. The van der Waals surface area contributed by atoms with Crippen molar-refractivity contribution in [3.05, 3.63) is 41.5 Å². The Morgan fingerprint density at radius 3 is 3.04 bits per heavy atom. The van der Waals surface area contributed by atoms with E-state index in [1.165, 1.54) is 12.0 Å². The number of carbonyl (C=O) groups excluding carboxylic acids is 2. The molecule has 0 fully saturated rings. The SMILES string of the molecule is O=C(CCCc1ccc2c(c1)CC(=O)N2)NCC1CC=CCC1. The van der Waals surface area contributed by atoms with Crippen molar-refractivity contribution in [3.63, 3.8) is 0 Å². The average Bonchev–Trinajstić information content (AvgIpc) is 2.93. The lowest BCUT2D eigenvalue weighted by molar-refractivity contribution is -0.121. The summed E-state index contributed by atoms with van der Waals surface area (Å²) in [6.45, 7) is 0.801. The highest BCUT2D eigenvalue weighted by atomic mass is 16.2. The zero-order valence-corrected chi connectivity index (χ0v) is 13.4. The van der Waals surface area contributed by atoms with Crippen LogP contribution in [0.1, 0.15) is 43.2 Å². The van der Waals surface area contributed by atoms with Gasteiger partial charge in [0.15, 0.2) is 0 Å². The van der Waals surface area contributed by atoms with Gasteiger partial charge in [-0.25, -0.2) is 0 Å². The fourth-order valence-electron chi connectivity index (χ4n) is 3.28. The Balaban J connectivity index is 1.37. The number of allylic oxidation sites excluding steroid dienone is 2. The second-order valence-corrected chi connectivity index (χ2v) is 6.52. The van der Waals surface area contributed by atoms with Crippen LogP contribution in [0.3, 0.4) is 0 Å². The Bertz CT molecular complexity index is 622. The average molecular weight is 312 g/mol. The quantitative estimate of drug-likeness (QED) is 0.793. The van der Waals surface area contributed by atoms with Gasteiger partial charge in [0.05, 0.1) is 6.42 Å². The van der Waals surface area contributed by atoms with Crippen molar-refractivity contribution in [2.75, 3.05) is 11.9 Å². The standard InChI is InChI=1S/C19H24N2O2/c22-18(20-13-15-5-2-1-3-6-15)8-4-7-14-9-10-17-16(11-14)12-19(23)21-17/h1-2,9-11,15H,3-8,12-13H2,(H,20,22)(H,21,23). The Morgan fingerprint density at radius 2 is 2.22 bits per heavy atom. The molecule has 4 nitrogen and oxygen atoms in total. The predicted molar refractivity (Wildman–Crippen MR) is 91.2 cm³/mol. The van der Waals surface area contributed by atoms with Gasteiger partial charge in [-0.05, 0) is 55.2 Å². The summed E-state index contributed by atoms with van der Waals surface area (Å²) in [5, 5.41) is 5.90. The highest BCUT2D eigenvalue weighted by molar-refractivity contribution is 5.99. The summed E-state index contributed by atoms with van der Waals surface area (Å²) in [6.07, 6.45) is 10.6. The molecule has 1 aromatic rings. The van der Waals surface area contributed by atoms with Crippen LogP contribution in [0.2, 0.25) is 0 Å². The van der Waals surface area contributed by atoms with E-state index in [4.69, 9.17) is 0 Å². The summed E-state index contributed by atoms with van der Waals surface area (Å²) in [5.41, 5.74) is 3.20. The maximum Gasteiger partial charge on any atom is 0.228 e. The fraction of sp³-hybridized carbons (Fsp3) is 0.474. The largest absolute Gasteiger partial charge is 0.356 e. The van der Waals surface area contributed by atoms with E-state index >= 15 is 0 Å². The van der Waals surface area contributed by atoms with Gasteiger partial charge in [-0.1, -0.05) is 24.3 Å². The van der Waals surface area contributed by atoms with Crippen LogP contribution in [0.25, 0.3) is 0 Å². The van der Waals surface area contributed by atoms with Crippen molar-refractivity contribution >= 4 is 17.5 Å². The number of amides is 2. The van der Waals surface area contributed by atoms with E-state index in [1.54, 1.807) is 0 Å². The summed E-state index contributed by atoms with van der Waals surface area (Å²) in [4.78, 5) is 23.3. The Kier molecular flexibility index (Phi) is 5.11. The molecule has 122 valence electrons. The number of carbonyl (C=O) groups is 2. The number of benzene rings is 1. The second kappa shape index (κ2) is 7.44. The summed E-state index contributed by atoms with van der Waals surface area (Å²) in [5.74, 6) is 0.817. The van der Waals surface area contributed by atoms with Crippen molar-refractivity contribution in [1.29, 1.82) is 0 Å². The summed E-state index contributed by atoms with van der Waals surface area (Å²) in [7, 11) is 0. The van der Waals surface area contributed by atoms with Crippen LogP contribution in [0, 0.1) is 5.92 Å². The van der Waals surface area contributed by atoms with Gasteiger partial charge < -0.3 is 10.6 Å². The number of hydrogen-bond donors (Lipinski definition) is 2. The Labute approximate surface area is 137 Å². The van der Waals surface area contributed by atoms with Gasteiger partial charge in [-0.3, -0.25) is 9.59 Å². The van der Waals surface area contributed by atoms with E-state index in [9.17, 15) is 9.59 Å². The minimum absolute atomic E-state index is 0.0640. The minimum atomic E-state index is 0.0640. The number of fused-ring (bicyclic) bond motifs is 1. The van der Waals surface area contributed by atoms with Gasteiger partial charge in [-0.15, -0.1) is 0 Å². The van der Waals surface area contributed by atoms with Gasteiger partial charge in [-0.2, -0.15) is 0 Å². The molecule has 1 heterocycles. The first-order valence-electron chi connectivity index (χ1n) is 8.54. The molecule has 0 bridgehead atoms. The molecule has 1 aliphatic heterocycles. The maximum absolute atomic E-state index is 11.9. The normalized spacial score (nSPS) is 19.3.